The van der Waals surface area contributed by atoms with Crippen LogP contribution in [-0.2, 0) is 66.5 Å². The molecule has 3 aromatic heterocycles. The molecule has 4 aromatic carbocycles. The van der Waals surface area contributed by atoms with Crippen LogP contribution < -0.4 is 0 Å². The van der Waals surface area contributed by atoms with Crippen molar-refractivity contribution < 1.29 is 82.3 Å². The zero-order valence-corrected chi connectivity index (χ0v) is 32.2. The Balaban J connectivity index is 0.000000250. The van der Waals surface area contributed by atoms with Crippen molar-refractivity contribution >= 4 is 10.8 Å². The molecule has 49 heavy (non-hydrogen) atoms. The predicted octanol–water partition coefficient (Wildman–Crippen LogP) is 10.1. The molecule has 0 aliphatic carbocycles. The molecule has 0 atom stereocenters. The number of hydrogen-bond acceptors (Lipinski definition) is 3. The first-order valence-electron chi connectivity index (χ1n) is 13.9. The van der Waals surface area contributed by atoms with Gasteiger partial charge in [0.05, 0.1) is 0 Å². The van der Waals surface area contributed by atoms with Crippen LogP contribution in [0.1, 0.15) is 5.56 Å². The average molecular weight is 1190 g/mol. The van der Waals surface area contributed by atoms with Crippen molar-refractivity contribution in [3.8, 4) is 33.8 Å². The van der Waals surface area contributed by atoms with E-state index in [1.807, 2.05) is 48.5 Å². The van der Waals surface area contributed by atoms with Crippen LogP contribution in [0.4, 0.5) is 22.0 Å². The number of pyridine rings is 3. The maximum atomic E-state index is 12.9. The number of halogens is 5. The zero-order chi connectivity index (χ0) is 32.4. The first kappa shape index (κ1) is 41.4. The second kappa shape index (κ2) is 20.0. The smallest absolute Gasteiger partial charge is 0.305 e. The Labute approximate surface area is 321 Å². The summed E-state index contributed by atoms with van der Waals surface area (Å²) in [6.45, 7) is 0. The van der Waals surface area contributed by atoms with Crippen molar-refractivity contribution in [1.29, 1.82) is 0 Å². The van der Waals surface area contributed by atoms with Crippen LogP contribution in [-0.4, -0.2) is 15.0 Å². The van der Waals surface area contributed by atoms with E-state index in [1.165, 1.54) is 30.3 Å². The van der Waals surface area contributed by atoms with E-state index in [0.717, 1.165) is 45.4 Å². The molecule has 0 spiro atoms. The number of aromatic nitrogens is 3. The molecule has 0 fully saturated rings. The summed E-state index contributed by atoms with van der Waals surface area (Å²) < 4.78 is 62.3. The Hall–Kier alpha value is -3.81. The molecule has 0 amide bonds. The number of benzene rings is 4. The molecule has 0 unspecified atom stereocenters. The molecule has 3 heterocycles. The molecular formula is C38H23F5Ir3N3-3. The van der Waals surface area contributed by atoms with Gasteiger partial charge in [-0.2, -0.15) is 13.2 Å². The molecule has 3 nitrogen and oxygen atoms in total. The van der Waals surface area contributed by atoms with Crippen LogP contribution in [0.5, 0.6) is 0 Å². The molecule has 7 rings (SSSR count). The standard InChI is InChI=1S/C15H9FN.C12H7F3N.C11H7FN.3Ir/c16-13-7-5-12(6-8-13)15-14-4-2-1-3-11(14)9-10-17-15;13-12(14,15)10-6-4-9(5-7-10)11-3-1-2-8-16-11;12-10-6-4-9(5-7-10)11-3-1-2-8-13-11;;;/h1-5,7-10H;1-4,6-8H;1-4,6-8H;;;/q3*-1;;;. The molecule has 255 valence electrons. The summed E-state index contributed by atoms with van der Waals surface area (Å²) in [6, 6.07) is 41.3. The van der Waals surface area contributed by atoms with Gasteiger partial charge in [0.1, 0.15) is 0 Å². The van der Waals surface area contributed by atoms with Gasteiger partial charge in [0, 0.05) is 90.5 Å². The number of rotatable bonds is 3. The summed E-state index contributed by atoms with van der Waals surface area (Å²) in [7, 11) is 0. The third-order valence-electron chi connectivity index (χ3n) is 6.50. The molecule has 0 saturated carbocycles. The van der Waals surface area contributed by atoms with Gasteiger partial charge in [-0.15, -0.1) is 89.5 Å². The Morgan fingerprint density at radius 1 is 0.469 bits per heavy atom. The van der Waals surface area contributed by atoms with E-state index in [4.69, 9.17) is 0 Å². The molecule has 3 radical (unpaired) electrons. The average Bonchev–Trinajstić information content (AvgIpc) is 3.10. The van der Waals surface area contributed by atoms with Gasteiger partial charge in [-0.05, 0) is 51.6 Å². The van der Waals surface area contributed by atoms with Gasteiger partial charge in [-0.3, -0.25) is 8.78 Å². The number of fused-ring (bicyclic) bond motifs is 1. The third kappa shape index (κ3) is 11.9. The number of nitrogens with zero attached hydrogens (tertiary/aromatic N) is 3. The van der Waals surface area contributed by atoms with Gasteiger partial charge in [-0.1, -0.05) is 48.5 Å². The normalized spacial score (nSPS) is 10.1. The van der Waals surface area contributed by atoms with E-state index < -0.39 is 11.7 Å². The van der Waals surface area contributed by atoms with Crippen molar-refractivity contribution in [2.75, 3.05) is 0 Å². The Morgan fingerprint density at radius 3 is 1.45 bits per heavy atom. The van der Waals surface area contributed by atoms with Crippen LogP contribution in [0.2, 0.25) is 0 Å². The molecule has 0 N–H and O–H groups in total. The van der Waals surface area contributed by atoms with Crippen molar-refractivity contribution in [2.24, 2.45) is 0 Å². The van der Waals surface area contributed by atoms with Crippen molar-refractivity contribution in [3.05, 3.63) is 175 Å². The molecule has 7 aromatic rings. The van der Waals surface area contributed by atoms with Gasteiger partial charge in [0.2, 0.25) is 0 Å². The molecule has 0 aliphatic heterocycles. The number of hydrogen-bond donors (Lipinski definition) is 0. The monoisotopic (exact) mass is 1200 g/mol. The molecule has 0 bridgehead atoms. The predicted molar refractivity (Wildman–Crippen MR) is 168 cm³/mol. The summed E-state index contributed by atoms with van der Waals surface area (Å²) in [6.07, 6.45) is 0.724. The van der Waals surface area contributed by atoms with Gasteiger partial charge >= 0.3 is 6.18 Å². The van der Waals surface area contributed by atoms with Crippen LogP contribution in [0.15, 0.2) is 140 Å². The Morgan fingerprint density at radius 2 is 0.980 bits per heavy atom. The zero-order valence-electron chi connectivity index (χ0n) is 25.0. The van der Waals surface area contributed by atoms with Crippen LogP contribution >= 0.6 is 0 Å². The van der Waals surface area contributed by atoms with Crippen LogP contribution in [0.25, 0.3) is 44.5 Å². The van der Waals surface area contributed by atoms with Crippen LogP contribution in [0.3, 0.4) is 0 Å². The maximum Gasteiger partial charge on any atom is 0.381 e. The summed E-state index contributed by atoms with van der Waals surface area (Å²) in [5.41, 5.74) is 3.72. The Kier molecular flexibility index (Phi) is 16.9. The van der Waals surface area contributed by atoms with E-state index in [2.05, 4.69) is 33.2 Å². The minimum absolute atomic E-state index is 0. The number of alkyl halides is 3. The topological polar surface area (TPSA) is 38.7 Å². The molecular weight excluding hydrogens is 1170 g/mol. The molecule has 11 heteroatoms. The van der Waals surface area contributed by atoms with Crippen molar-refractivity contribution in [3.63, 3.8) is 0 Å². The molecule has 0 aliphatic rings. The SMILES string of the molecule is FC(F)(F)c1c[c-]c(-c2ccccn2)cc1.Fc1c[c-]c(-c2ccccn2)cc1.Fc1c[c-]c(-c2nccc3ccccc23)cc1.[Ir].[Ir].[Ir]. The second-order valence-electron chi connectivity index (χ2n) is 9.64. The maximum absolute atomic E-state index is 12.9. The first-order chi connectivity index (χ1) is 22.3. The summed E-state index contributed by atoms with van der Waals surface area (Å²) >= 11 is 0. The van der Waals surface area contributed by atoms with E-state index in [0.29, 0.717) is 11.3 Å². The van der Waals surface area contributed by atoms with Crippen LogP contribution in [0, 0.1) is 29.8 Å². The summed E-state index contributed by atoms with van der Waals surface area (Å²) in [5, 5.41) is 2.17. The Bertz CT molecular complexity index is 1970. The van der Waals surface area contributed by atoms with E-state index in [1.54, 1.807) is 48.9 Å². The minimum Gasteiger partial charge on any atom is -0.305 e. The van der Waals surface area contributed by atoms with Gasteiger partial charge in [0.25, 0.3) is 0 Å². The summed E-state index contributed by atoms with van der Waals surface area (Å²) in [5.74, 6) is -0.561. The van der Waals surface area contributed by atoms with E-state index >= 15 is 0 Å². The molecule has 0 saturated heterocycles. The quantitative estimate of drug-likeness (QED) is 0.131. The van der Waals surface area contributed by atoms with Gasteiger partial charge < -0.3 is 15.0 Å². The van der Waals surface area contributed by atoms with Crippen molar-refractivity contribution in [1.82, 2.24) is 15.0 Å². The largest absolute Gasteiger partial charge is 0.381 e. The fourth-order valence-corrected chi connectivity index (χ4v) is 4.26. The van der Waals surface area contributed by atoms with Gasteiger partial charge in [-0.25, -0.2) is 0 Å². The fourth-order valence-electron chi connectivity index (χ4n) is 4.26. The minimum atomic E-state index is -4.32. The third-order valence-corrected chi connectivity index (χ3v) is 6.50. The van der Waals surface area contributed by atoms with Crippen molar-refractivity contribution in [2.45, 2.75) is 6.18 Å². The fraction of sp³-hybridized carbons (Fsp3) is 0.0263. The van der Waals surface area contributed by atoms with Gasteiger partial charge in [0.15, 0.2) is 0 Å². The second-order valence-corrected chi connectivity index (χ2v) is 9.64. The van der Waals surface area contributed by atoms with E-state index in [9.17, 15) is 22.0 Å². The van der Waals surface area contributed by atoms with E-state index in [-0.39, 0.29) is 72.0 Å². The first-order valence-corrected chi connectivity index (χ1v) is 13.9. The summed E-state index contributed by atoms with van der Waals surface area (Å²) in [4.78, 5) is 12.5.